The molecule has 1 aromatic rings. The molecule has 1 saturated heterocycles. The molecule has 0 saturated carbocycles. The van der Waals surface area contributed by atoms with Crippen molar-refractivity contribution in [1.29, 1.82) is 0 Å². The third kappa shape index (κ3) is 2.31. The summed E-state index contributed by atoms with van der Waals surface area (Å²) < 4.78 is 0. The van der Waals surface area contributed by atoms with Crippen LogP contribution in [0.2, 0.25) is 0 Å². The number of fused-ring (bicyclic) bond motifs is 1. The maximum Gasteiger partial charge on any atom is 0.261 e. The predicted octanol–water partition coefficient (Wildman–Crippen LogP) is 0.266. The van der Waals surface area contributed by atoms with Gasteiger partial charge in [-0.05, 0) is 19.1 Å². The van der Waals surface area contributed by atoms with Crippen LogP contribution in [0.25, 0.3) is 0 Å². The van der Waals surface area contributed by atoms with Gasteiger partial charge < -0.3 is 10.0 Å². The lowest BCUT2D eigenvalue weighted by Crippen LogP contribution is -2.61. The van der Waals surface area contributed by atoms with E-state index < -0.39 is 5.60 Å². The average Bonchev–Trinajstić information content (AvgIpc) is 2.66. The summed E-state index contributed by atoms with van der Waals surface area (Å²) in [6, 6.07) is 6.65. The van der Waals surface area contributed by atoms with Crippen molar-refractivity contribution >= 4 is 17.7 Å². The van der Waals surface area contributed by atoms with Gasteiger partial charge in [0.2, 0.25) is 5.91 Å². The normalized spacial score (nSPS) is 19.5. The number of carbonyl (C=O) groups is 3. The first kappa shape index (κ1) is 13.8. The van der Waals surface area contributed by atoms with Crippen LogP contribution in [0.15, 0.2) is 24.3 Å². The van der Waals surface area contributed by atoms with Gasteiger partial charge in [-0.15, -0.1) is 0 Å². The van der Waals surface area contributed by atoms with Crippen molar-refractivity contribution in [3.63, 3.8) is 0 Å². The fourth-order valence-corrected chi connectivity index (χ4v) is 2.76. The standard InChI is InChI=1S/C15H16N2O4/c1-15(21)8-16(9-15)12(18)6-7-17-13(19)10-4-2-3-5-11(10)14(17)20/h2-5,21H,6-9H2,1H3. The summed E-state index contributed by atoms with van der Waals surface area (Å²) in [6.07, 6.45) is 0.0849. The Morgan fingerprint density at radius 1 is 1.19 bits per heavy atom. The third-order valence-electron chi connectivity index (χ3n) is 3.84. The van der Waals surface area contributed by atoms with Gasteiger partial charge in [0.05, 0.1) is 29.8 Å². The van der Waals surface area contributed by atoms with Crippen LogP contribution in [0.3, 0.4) is 0 Å². The largest absolute Gasteiger partial charge is 0.386 e. The van der Waals surface area contributed by atoms with Crippen molar-refractivity contribution in [3.05, 3.63) is 35.4 Å². The Balaban J connectivity index is 1.61. The molecule has 6 heteroatoms. The first-order valence-corrected chi connectivity index (χ1v) is 6.84. The zero-order chi connectivity index (χ0) is 15.2. The molecule has 6 nitrogen and oxygen atoms in total. The molecule has 3 rings (SSSR count). The maximum absolute atomic E-state index is 12.1. The Bertz CT molecular complexity index is 595. The van der Waals surface area contributed by atoms with Crippen molar-refractivity contribution in [2.75, 3.05) is 19.6 Å². The van der Waals surface area contributed by atoms with E-state index >= 15 is 0 Å². The first-order chi connectivity index (χ1) is 9.89. The van der Waals surface area contributed by atoms with Crippen molar-refractivity contribution in [2.24, 2.45) is 0 Å². The van der Waals surface area contributed by atoms with E-state index in [-0.39, 0.29) is 30.7 Å². The Kier molecular flexibility index (Phi) is 3.06. The number of imide groups is 1. The van der Waals surface area contributed by atoms with Gasteiger partial charge in [0.15, 0.2) is 0 Å². The van der Waals surface area contributed by atoms with Gasteiger partial charge >= 0.3 is 0 Å². The summed E-state index contributed by atoms with van der Waals surface area (Å²) in [4.78, 5) is 38.8. The first-order valence-electron chi connectivity index (χ1n) is 6.84. The minimum Gasteiger partial charge on any atom is -0.386 e. The number of carbonyl (C=O) groups excluding carboxylic acids is 3. The van der Waals surface area contributed by atoms with Crippen molar-refractivity contribution < 1.29 is 19.5 Å². The second kappa shape index (κ2) is 4.66. The lowest BCUT2D eigenvalue weighted by molar-refractivity contribution is -0.152. The number of rotatable bonds is 3. The Morgan fingerprint density at radius 2 is 1.71 bits per heavy atom. The minimum atomic E-state index is -0.814. The van der Waals surface area contributed by atoms with Gasteiger partial charge in [0.1, 0.15) is 0 Å². The molecule has 0 unspecified atom stereocenters. The van der Waals surface area contributed by atoms with E-state index in [1.807, 2.05) is 0 Å². The SMILES string of the molecule is CC1(O)CN(C(=O)CCN2C(=O)c3ccccc3C2=O)C1. The van der Waals surface area contributed by atoms with Gasteiger partial charge in [-0.3, -0.25) is 19.3 Å². The lowest BCUT2D eigenvalue weighted by Gasteiger charge is -2.44. The number of benzene rings is 1. The van der Waals surface area contributed by atoms with Gasteiger partial charge in [-0.1, -0.05) is 12.1 Å². The van der Waals surface area contributed by atoms with E-state index in [1.165, 1.54) is 4.90 Å². The Hall–Kier alpha value is -2.21. The number of hydrogen-bond acceptors (Lipinski definition) is 4. The van der Waals surface area contributed by atoms with E-state index in [9.17, 15) is 19.5 Å². The molecule has 0 aromatic heterocycles. The molecule has 0 atom stereocenters. The second-order valence-corrected chi connectivity index (χ2v) is 5.80. The van der Waals surface area contributed by atoms with E-state index in [1.54, 1.807) is 31.2 Å². The van der Waals surface area contributed by atoms with Gasteiger partial charge in [-0.25, -0.2) is 0 Å². The number of amides is 3. The van der Waals surface area contributed by atoms with Crippen molar-refractivity contribution in [1.82, 2.24) is 9.80 Å². The summed E-state index contributed by atoms with van der Waals surface area (Å²) in [6.45, 7) is 2.34. The maximum atomic E-state index is 12.1. The van der Waals surface area contributed by atoms with Gasteiger partial charge in [-0.2, -0.15) is 0 Å². The number of likely N-dealkylation sites (tertiary alicyclic amines) is 1. The number of β-amino-alcohol motifs (C(OH)–C–C–N with tert-alkyl or cyclic N) is 1. The molecule has 1 fully saturated rings. The molecule has 3 amide bonds. The monoisotopic (exact) mass is 288 g/mol. The fraction of sp³-hybridized carbons (Fsp3) is 0.400. The molecule has 1 aromatic carbocycles. The molecule has 2 heterocycles. The number of nitrogens with zero attached hydrogens (tertiary/aromatic N) is 2. The molecule has 0 bridgehead atoms. The molecule has 0 spiro atoms. The van der Waals surface area contributed by atoms with Crippen LogP contribution < -0.4 is 0 Å². The molecule has 1 N–H and O–H groups in total. The summed E-state index contributed by atoms with van der Waals surface area (Å²) in [5, 5.41) is 9.60. The van der Waals surface area contributed by atoms with Crippen LogP contribution in [0.4, 0.5) is 0 Å². The highest BCUT2D eigenvalue weighted by Gasteiger charge is 2.40. The molecule has 0 aliphatic carbocycles. The van der Waals surface area contributed by atoms with Crippen LogP contribution in [-0.4, -0.2) is 57.9 Å². The van der Waals surface area contributed by atoms with E-state index in [0.717, 1.165) is 4.90 Å². The zero-order valence-corrected chi connectivity index (χ0v) is 11.7. The molecule has 21 heavy (non-hydrogen) atoms. The summed E-state index contributed by atoms with van der Waals surface area (Å²) in [5.41, 5.74) is -0.0331. The van der Waals surface area contributed by atoms with Crippen LogP contribution in [0.1, 0.15) is 34.1 Å². The summed E-state index contributed by atoms with van der Waals surface area (Å²) in [5.74, 6) is -0.851. The highest BCUT2D eigenvalue weighted by Crippen LogP contribution is 2.24. The molecular formula is C15H16N2O4. The molecule has 110 valence electrons. The van der Waals surface area contributed by atoms with Gasteiger partial charge in [0.25, 0.3) is 11.8 Å². The van der Waals surface area contributed by atoms with Crippen LogP contribution in [0, 0.1) is 0 Å². The highest BCUT2D eigenvalue weighted by atomic mass is 16.3. The van der Waals surface area contributed by atoms with E-state index in [4.69, 9.17) is 0 Å². The van der Waals surface area contributed by atoms with Crippen LogP contribution in [-0.2, 0) is 4.79 Å². The predicted molar refractivity (Wildman–Crippen MR) is 73.6 cm³/mol. The third-order valence-corrected chi connectivity index (χ3v) is 3.84. The van der Waals surface area contributed by atoms with Crippen molar-refractivity contribution in [2.45, 2.75) is 18.9 Å². The number of aliphatic hydroxyl groups is 1. The summed E-state index contributed by atoms with van der Waals surface area (Å²) >= 11 is 0. The average molecular weight is 288 g/mol. The smallest absolute Gasteiger partial charge is 0.261 e. The molecule has 2 aliphatic rings. The second-order valence-electron chi connectivity index (χ2n) is 5.80. The molecule has 0 radical (unpaired) electrons. The zero-order valence-electron chi connectivity index (χ0n) is 11.7. The van der Waals surface area contributed by atoms with Crippen LogP contribution in [0.5, 0.6) is 0 Å². The topological polar surface area (TPSA) is 77.9 Å². The lowest BCUT2D eigenvalue weighted by atomic mass is 9.96. The fourth-order valence-electron chi connectivity index (χ4n) is 2.76. The van der Waals surface area contributed by atoms with E-state index in [2.05, 4.69) is 0 Å². The van der Waals surface area contributed by atoms with Gasteiger partial charge in [0, 0.05) is 13.0 Å². The Labute approximate surface area is 122 Å². The number of hydrogen-bond donors (Lipinski definition) is 1. The quantitative estimate of drug-likeness (QED) is 0.810. The van der Waals surface area contributed by atoms with Crippen LogP contribution >= 0.6 is 0 Å². The molecule has 2 aliphatic heterocycles. The Morgan fingerprint density at radius 3 is 2.19 bits per heavy atom. The van der Waals surface area contributed by atoms with Crippen molar-refractivity contribution in [3.8, 4) is 0 Å². The van der Waals surface area contributed by atoms with E-state index in [0.29, 0.717) is 24.2 Å². The summed E-state index contributed by atoms with van der Waals surface area (Å²) in [7, 11) is 0. The molecular weight excluding hydrogens is 272 g/mol. The minimum absolute atomic E-state index is 0.0732. The highest BCUT2D eigenvalue weighted by molar-refractivity contribution is 6.21.